The van der Waals surface area contributed by atoms with E-state index in [1.807, 2.05) is 10.3 Å². The Morgan fingerprint density at radius 1 is 1.19 bits per heavy atom. The number of piperidine rings is 1. The molecule has 1 aromatic carbocycles. The Kier molecular flexibility index (Phi) is 5.39. The van der Waals surface area contributed by atoms with Crippen LogP contribution in [0.15, 0.2) is 23.6 Å². The third kappa shape index (κ3) is 4.28. The van der Waals surface area contributed by atoms with Crippen molar-refractivity contribution in [3.8, 4) is 11.3 Å². The standard InChI is InChI=1S/C19H19Cl2N3O2S/c20-13-5-6-15(21)14(8-13)16-10-27-19(22-16)23-17(25)12-2-1-7-24(9-12)18(26)11-3-4-11/h5-6,8,10-12H,1-4,7,9H2,(H,22,23,25). The molecule has 2 aliphatic rings. The Labute approximate surface area is 171 Å². The summed E-state index contributed by atoms with van der Waals surface area (Å²) in [6.07, 6.45) is 3.62. The molecule has 8 heteroatoms. The quantitative estimate of drug-likeness (QED) is 0.774. The number of halogens is 2. The van der Waals surface area contributed by atoms with Crippen molar-refractivity contribution in [2.45, 2.75) is 25.7 Å². The van der Waals surface area contributed by atoms with Crippen LogP contribution < -0.4 is 5.32 Å². The Morgan fingerprint density at radius 3 is 2.78 bits per heavy atom. The number of nitrogens with one attached hydrogen (secondary N) is 1. The lowest BCUT2D eigenvalue weighted by molar-refractivity contribution is -0.135. The normalized spacial score (nSPS) is 19.8. The van der Waals surface area contributed by atoms with Crippen molar-refractivity contribution >= 4 is 51.5 Å². The number of likely N-dealkylation sites (tertiary alicyclic amines) is 1. The number of hydrogen-bond donors (Lipinski definition) is 1. The van der Waals surface area contributed by atoms with Gasteiger partial charge in [0, 0.05) is 35.0 Å². The molecule has 1 atom stereocenters. The van der Waals surface area contributed by atoms with Gasteiger partial charge < -0.3 is 10.2 Å². The third-order valence-electron chi connectivity index (χ3n) is 4.97. The van der Waals surface area contributed by atoms with E-state index in [-0.39, 0.29) is 23.7 Å². The van der Waals surface area contributed by atoms with E-state index in [1.165, 1.54) is 11.3 Å². The molecule has 1 aliphatic carbocycles. The van der Waals surface area contributed by atoms with Gasteiger partial charge in [0.05, 0.1) is 16.6 Å². The summed E-state index contributed by atoms with van der Waals surface area (Å²) in [6.45, 7) is 1.26. The molecule has 1 unspecified atom stereocenters. The number of amides is 2. The summed E-state index contributed by atoms with van der Waals surface area (Å²) < 4.78 is 0. The molecule has 1 saturated carbocycles. The number of thiazole rings is 1. The second-order valence-electron chi connectivity index (χ2n) is 7.05. The molecule has 142 valence electrons. The van der Waals surface area contributed by atoms with Crippen molar-refractivity contribution in [3.63, 3.8) is 0 Å². The number of nitrogens with zero attached hydrogens (tertiary/aromatic N) is 2. The van der Waals surface area contributed by atoms with Gasteiger partial charge >= 0.3 is 0 Å². The zero-order valence-electron chi connectivity index (χ0n) is 14.6. The minimum Gasteiger partial charge on any atom is -0.342 e. The minimum atomic E-state index is -0.191. The topological polar surface area (TPSA) is 62.3 Å². The van der Waals surface area contributed by atoms with Crippen LogP contribution in [0.3, 0.4) is 0 Å². The van der Waals surface area contributed by atoms with Gasteiger partial charge in [0.2, 0.25) is 11.8 Å². The predicted molar refractivity (Wildman–Crippen MR) is 108 cm³/mol. The molecule has 0 bridgehead atoms. The molecule has 1 saturated heterocycles. The highest BCUT2D eigenvalue weighted by molar-refractivity contribution is 7.14. The third-order valence-corrected chi connectivity index (χ3v) is 6.29. The van der Waals surface area contributed by atoms with Crippen molar-refractivity contribution in [2.75, 3.05) is 18.4 Å². The van der Waals surface area contributed by atoms with Gasteiger partial charge in [-0.25, -0.2) is 4.98 Å². The fourth-order valence-corrected chi connectivity index (χ4v) is 4.44. The summed E-state index contributed by atoms with van der Waals surface area (Å²) in [4.78, 5) is 31.2. The first kappa shape index (κ1) is 18.7. The van der Waals surface area contributed by atoms with Crippen LogP contribution in [0.25, 0.3) is 11.3 Å². The first-order valence-corrected chi connectivity index (χ1v) is 10.7. The molecular formula is C19H19Cl2N3O2S. The zero-order chi connectivity index (χ0) is 19.0. The smallest absolute Gasteiger partial charge is 0.231 e. The molecule has 1 aliphatic heterocycles. The van der Waals surface area contributed by atoms with Gasteiger partial charge in [-0.2, -0.15) is 0 Å². The van der Waals surface area contributed by atoms with Gasteiger partial charge in [0.25, 0.3) is 0 Å². The SMILES string of the molecule is O=C(Nc1nc(-c2cc(Cl)ccc2Cl)cs1)C1CCCN(C(=O)C2CC2)C1. The van der Waals surface area contributed by atoms with Crippen molar-refractivity contribution in [2.24, 2.45) is 11.8 Å². The van der Waals surface area contributed by atoms with E-state index in [9.17, 15) is 9.59 Å². The number of carbonyl (C=O) groups excluding carboxylic acids is 2. The zero-order valence-corrected chi connectivity index (χ0v) is 16.9. The second kappa shape index (κ2) is 7.78. The van der Waals surface area contributed by atoms with E-state index in [1.54, 1.807) is 18.2 Å². The van der Waals surface area contributed by atoms with Gasteiger partial charge in [-0.15, -0.1) is 11.3 Å². The summed E-state index contributed by atoms with van der Waals surface area (Å²) in [7, 11) is 0. The molecule has 27 heavy (non-hydrogen) atoms. The Balaban J connectivity index is 1.42. The van der Waals surface area contributed by atoms with Crippen LogP contribution >= 0.6 is 34.5 Å². The van der Waals surface area contributed by atoms with Gasteiger partial charge in [0.15, 0.2) is 5.13 Å². The van der Waals surface area contributed by atoms with Gasteiger partial charge in [0.1, 0.15) is 0 Å². The molecular weight excluding hydrogens is 405 g/mol. The summed E-state index contributed by atoms with van der Waals surface area (Å²) in [6, 6.07) is 5.21. The van der Waals surface area contributed by atoms with Gasteiger partial charge in [-0.05, 0) is 43.9 Å². The first-order valence-electron chi connectivity index (χ1n) is 9.02. The van der Waals surface area contributed by atoms with E-state index in [2.05, 4.69) is 10.3 Å². The molecule has 2 amide bonds. The van der Waals surface area contributed by atoms with Crippen molar-refractivity contribution in [1.29, 1.82) is 0 Å². The lowest BCUT2D eigenvalue weighted by atomic mass is 9.97. The lowest BCUT2D eigenvalue weighted by Gasteiger charge is -2.32. The van der Waals surface area contributed by atoms with Gasteiger partial charge in [-0.3, -0.25) is 9.59 Å². The van der Waals surface area contributed by atoms with E-state index in [0.29, 0.717) is 27.4 Å². The highest BCUT2D eigenvalue weighted by atomic mass is 35.5. The Bertz CT molecular complexity index is 882. The number of benzene rings is 1. The van der Waals surface area contributed by atoms with Crippen LogP contribution in [0.5, 0.6) is 0 Å². The van der Waals surface area contributed by atoms with Crippen molar-refractivity contribution < 1.29 is 9.59 Å². The average Bonchev–Trinajstić information content (AvgIpc) is 3.42. The largest absolute Gasteiger partial charge is 0.342 e. The van der Waals surface area contributed by atoms with E-state index in [4.69, 9.17) is 23.2 Å². The fraction of sp³-hybridized carbons (Fsp3) is 0.421. The summed E-state index contributed by atoms with van der Waals surface area (Å²) in [5.41, 5.74) is 1.41. The number of anilines is 1. The van der Waals surface area contributed by atoms with E-state index in [0.717, 1.165) is 37.8 Å². The predicted octanol–water partition coefficient (Wildman–Crippen LogP) is 4.70. The van der Waals surface area contributed by atoms with Gasteiger partial charge in [-0.1, -0.05) is 23.2 Å². The van der Waals surface area contributed by atoms with Crippen LogP contribution in [0.4, 0.5) is 5.13 Å². The molecule has 2 heterocycles. The van der Waals surface area contributed by atoms with Crippen molar-refractivity contribution in [3.05, 3.63) is 33.6 Å². The number of aromatic nitrogens is 1. The Hall–Kier alpha value is -1.63. The maximum Gasteiger partial charge on any atom is 0.231 e. The summed E-state index contributed by atoms with van der Waals surface area (Å²) in [5, 5.41) is 6.40. The average molecular weight is 424 g/mol. The minimum absolute atomic E-state index is 0.0820. The van der Waals surface area contributed by atoms with Crippen molar-refractivity contribution in [1.82, 2.24) is 9.88 Å². The maximum absolute atomic E-state index is 12.7. The van der Waals surface area contributed by atoms with Crippen LogP contribution in [-0.4, -0.2) is 34.8 Å². The molecule has 1 aromatic heterocycles. The molecule has 2 fully saturated rings. The van der Waals surface area contributed by atoms with E-state index < -0.39 is 0 Å². The van der Waals surface area contributed by atoms with E-state index >= 15 is 0 Å². The van der Waals surface area contributed by atoms with Crippen LogP contribution in [0.2, 0.25) is 10.0 Å². The number of carbonyl (C=O) groups is 2. The van der Waals surface area contributed by atoms with Crippen LogP contribution in [0.1, 0.15) is 25.7 Å². The number of rotatable bonds is 4. The molecule has 5 nitrogen and oxygen atoms in total. The molecule has 1 N–H and O–H groups in total. The lowest BCUT2D eigenvalue weighted by Crippen LogP contribution is -2.44. The summed E-state index contributed by atoms with van der Waals surface area (Å²) in [5.74, 6) is 0.125. The summed E-state index contributed by atoms with van der Waals surface area (Å²) >= 11 is 13.6. The molecule has 2 aromatic rings. The molecule has 4 rings (SSSR count). The number of hydrogen-bond acceptors (Lipinski definition) is 4. The Morgan fingerprint density at radius 2 is 2.00 bits per heavy atom. The maximum atomic E-state index is 12.7. The van der Waals surface area contributed by atoms with Crippen LogP contribution in [-0.2, 0) is 9.59 Å². The highest BCUT2D eigenvalue weighted by Crippen LogP contribution is 2.34. The fourth-order valence-electron chi connectivity index (χ4n) is 3.34. The van der Waals surface area contributed by atoms with Crippen LogP contribution in [0, 0.1) is 11.8 Å². The second-order valence-corrected chi connectivity index (χ2v) is 8.75. The monoisotopic (exact) mass is 423 g/mol. The first-order chi connectivity index (χ1) is 13.0. The highest BCUT2D eigenvalue weighted by Gasteiger charge is 2.36. The molecule has 0 spiro atoms. The molecule has 0 radical (unpaired) electrons.